The van der Waals surface area contributed by atoms with E-state index in [0.29, 0.717) is 16.8 Å². The van der Waals surface area contributed by atoms with Gasteiger partial charge in [-0.25, -0.2) is 4.79 Å². The molecule has 0 aliphatic heterocycles. The molecule has 0 saturated carbocycles. The fourth-order valence-corrected chi connectivity index (χ4v) is 1.58. The monoisotopic (exact) mass is 272 g/mol. The Bertz CT molecular complexity index is 350. The third kappa shape index (κ3) is 3.91. The zero-order valence-corrected chi connectivity index (χ0v) is 10.1. The van der Waals surface area contributed by atoms with E-state index in [1.807, 2.05) is 0 Å². The molecule has 1 aromatic rings. The van der Waals surface area contributed by atoms with E-state index in [-0.39, 0.29) is 5.56 Å². The van der Waals surface area contributed by atoms with Gasteiger partial charge in [-0.2, -0.15) is 0 Å². The minimum Gasteiger partial charge on any atom is -0.494 e. The van der Waals surface area contributed by atoms with Crippen LogP contribution in [0, 0.1) is 0 Å². The molecule has 0 amide bonds. The molecule has 1 aromatic carbocycles. The first-order valence-electron chi connectivity index (χ1n) is 4.80. The Labute approximate surface area is 97.2 Å². The lowest BCUT2D eigenvalue weighted by molar-refractivity contribution is 0.0696. The Morgan fingerprint density at radius 3 is 2.80 bits per heavy atom. The molecule has 82 valence electrons. The largest absolute Gasteiger partial charge is 0.494 e. The van der Waals surface area contributed by atoms with E-state index in [4.69, 9.17) is 9.84 Å². The van der Waals surface area contributed by atoms with Crippen LogP contribution in [0.2, 0.25) is 0 Å². The smallest absolute Gasteiger partial charge is 0.335 e. The molecule has 0 heterocycles. The summed E-state index contributed by atoms with van der Waals surface area (Å²) in [6, 6.07) is 4.85. The highest BCUT2D eigenvalue weighted by atomic mass is 79.9. The summed E-state index contributed by atoms with van der Waals surface area (Å²) in [6.07, 6.45) is 2.02. The lowest BCUT2D eigenvalue weighted by atomic mass is 10.2. The van der Waals surface area contributed by atoms with Crippen molar-refractivity contribution in [3.8, 4) is 5.75 Å². The van der Waals surface area contributed by atoms with Crippen LogP contribution in [0.4, 0.5) is 0 Å². The minimum atomic E-state index is -0.948. The zero-order valence-electron chi connectivity index (χ0n) is 8.50. The number of rotatable bonds is 5. The molecular weight excluding hydrogens is 260 g/mol. The van der Waals surface area contributed by atoms with E-state index in [0.717, 1.165) is 12.8 Å². The van der Waals surface area contributed by atoms with Crippen molar-refractivity contribution in [3.05, 3.63) is 28.2 Å². The average Bonchev–Trinajstić information content (AvgIpc) is 2.17. The van der Waals surface area contributed by atoms with Gasteiger partial charge in [-0.1, -0.05) is 29.3 Å². The number of carbonyl (C=O) groups is 1. The Morgan fingerprint density at radius 2 is 2.20 bits per heavy atom. The van der Waals surface area contributed by atoms with E-state index in [1.54, 1.807) is 12.1 Å². The number of benzene rings is 1. The Balaban J connectivity index is 2.75. The molecule has 0 aromatic heterocycles. The highest BCUT2D eigenvalue weighted by Gasteiger charge is 2.06. The zero-order chi connectivity index (χ0) is 11.3. The van der Waals surface area contributed by atoms with Crippen LogP contribution in [0.3, 0.4) is 0 Å². The molecule has 1 N–H and O–H groups in total. The van der Waals surface area contributed by atoms with E-state index in [2.05, 4.69) is 22.9 Å². The van der Waals surface area contributed by atoms with Crippen LogP contribution < -0.4 is 4.74 Å². The maximum Gasteiger partial charge on any atom is 0.335 e. The van der Waals surface area contributed by atoms with E-state index < -0.39 is 5.97 Å². The van der Waals surface area contributed by atoms with Crippen LogP contribution >= 0.6 is 15.9 Å². The van der Waals surface area contributed by atoms with Gasteiger partial charge in [-0.3, -0.25) is 0 Å². The van der Waals surface area contributed by atoms with Crippen molar-refractivity contribution in [1.82, 2.24) is 0 Å². The number of carboxylic acids is 1. The van der Waals surface area contributed by atoms with Crippen molar-refractivity contribution in [1.29, 1.82) is 0 Å². The summed E-state index contributed by atoms with van der Waals surface area (Å²) in [7, 11) is 0. The molecule has 0 aliphatic rings. The van der Waals surface area contributed by atoms with E-state index >= 15 is 0 Å². The average molecular weight is 273 g/mol. The van der Waals surface area contributed by atoms with Crippen LogP contribution in [0.1, 0.15) is 30.1 Å². The van der Waals surface area contributed by atoms with Gasteiger partial charge in [-0.15, -0.1) is 0 Å². The summed E-state index contributed by atoms with van der Waals surface area (Å²) in [5, 5.41) is 8.83. The molecule has 0 bridgehead atoms. The lowest BCUT2D eigenvalue weighted by Gasteiger charge is -2.06. The number of aromatic carboxylic acids is 1. The molecule has 0 unspecified atom stereocenters. The van der Waals surface area contributed by atoms with Gasteiger partial charge >= 0.3 is 5.97 Å². The van der Waals surface area contributed by atoms with Crippen molar-refractivity contribution in [2.45, 2.75) is 19.8 Å². The van der Waals surface area contributed by atoms with Gasteiger partial charge in [0.05, 0.1) is 12.2 Å². The molecule has 15 heavy (non-hydrogen) atoms. The fourth-order valence-electron chi connectivity index (χ4n) is 1.10. The van der Waals surface area contributed by atoms with Gasteiger partial charge in [0, 0.05) is 4.47 Å². The maximum atomic E-state index is 10.8. The molecule has 3 nitrogen and oxygen atoms in total. The Kier molecular flexibility index (Phi) is 4.62. The van der Waals surface area contributed by atoms with Crippen LogP contribution in [0.15, 0.2) is 22.7 Å². The third-order valence-corrected chi connectivity index (χ3v) is 2.34. The number of hydrogen-bond donors (Lipinski definition) is 1. The molecule has 1 rings (SSSR count). The molecule has 0 spiro atoms. The standard InChI is InChI=1S/C11H13BrO3/c1-2-3-4-15-10-6-8(11(13)14)5-9(12)7-10/h5-7H,2-4H2,1H3,(H,13,14). The minimum absolute atomic E-state index is 0.232. The molecule has 4 heteroatoms. The SMILES string of the molecule is CCCCOc1cc(Br)cc(C(=O)O)c1. The van der Waals surface area contributed by atoms with Crippen molar-refractivity contribution < 1.29 is 14.6 Å². The molecule has 0 saturated heterocycles. The Hall–Kier alpha value is -1.03. The summed E-state index contributed by atoms with van der Waals surface area (Å²) < 4.78 is 6.14. The number of carboxylic acid groups (broad SMARTS) is 1. The predicted octanol–water partition coefficient (Wildman–Crippen LogP) is 3.33. The van der Waals surface area contributed by atoms with Crippen LogP contribution in [-0.2, 0) is 0 Å². The van der Waals surface area contributed by atoms with Crippen molar-refractivity contribution >= 4 is 21.9 Å². The first-order valence-corrected chi connectivity index (χ1v) is 5.59. The second kappa shape index (κ2) is 5.75. The normalized spacial score (nSPS) is 10.0. The molecule has 0 radical (unpaired) electrons. The summed E-state index contributed by atoms with van der Waals surface area (Å²) in [5.41, 5.74) is 0.232. The summed E-state index contributed by atoms with van der Waals surface area (Å²) in [5.74, 6) is -0.355. The highest BCUT2D eigenvalue weighted by Crippen LogP contribution is 2.21. The molecule has 0 aliphatic carbocycles. The van der Waals surface area contributed by atoms with Gasteiger partial charge in [0.15, 0.2) is 0 Å². The Morgan fingerprint density at radius 1 is 1.47 bits per heavy atom. The summed E-state index contributed by atoms with van der Waals surface area (Å²) in [4.78, 5) is 10.8. The fraction of sp³-hybridized carbons (Fsp3) is 0.364. The van der Waals surface area contributed by atoms with Crippen LogP contribution in [-0.4, -0.2) is 17.7 Å². The second-order valence-corrected chi connectivity index (χ2v) is 4.10. The van der Waals surface area contributed by atoms with Crippen molar-refractivity contribution in [3.63, 3.8) is 0 Å². The summed E-state index contributed by atoms with van der Waals surface area (Å²) in [6.45, 7) is 2.69. The predicted molar refractivity (Wildman–Crippen MR) is 61.5 cm³/mol. The quantitative estimate of drug-likeness (QED) is 0.837. The number of hydrogen-bond acceptors (Lipinski definition) is 2. The van der Waals surface area contributed by atoms with Crippen molar-refractivity contribution in [2.75, 3.05) is 6.61 Å². The first kappa shape index (κ1) is 12.0. The molecule has 0 fully saturated rings. The second-order valence-electron chi connectivity index (χ2n) is 3.18. The third-order valence-electron chi connectivity index (χ3n) is 1.88. The van der Waals surface area contributed by atoms with Gasteiger partial charge in [0.2, 0.25) is 0 Å². The topological polar surface area (TPSA) is 46.5 Å². The van der Waals surface area contributed by atoms with Crippen molar-refractivity contribution in [2.24, 2.45) is 0 Å². The molecular formula is C11H13BrO3. The van der Waals surface area contributed by atoms with Gasteiger partial charge in [0.25, 0.3) is 0 Å². The van der Waals surface area contributed by atoms with E-state index in [9.17, 15) is 4.79 Å². The van der Waals surface area contributed by atoms with Crippen LogP contribution in [0.5, 0.6) is 5.75 Å². The van der Waals surface area contributed by atoms with Gasteiger partial charge in [-0.05, 0) is 24.6 Å². The highest BCUT2D eigenvalue weighted by molar-refractivity contribution is 9.10. The number of unbranched alkanes of at least 4 members (excludes halogenated alkanes) is 1. The molecule has 0 atom stereocenters. The van der Waals surface area contributed by atoms with Gasteiger partial charge < -0.3 is 9.84 Å². The number of halogens is 1. The summed E-state index contributed by atoms with van der Waals surface area (Å²) >= 11 is 3.25. The maximum absolute atomic E-state index is 10.8. The van der Waals surface area contributed by atoms with E-state index in [1.165, 1.54) is 6.07 Å². The van der Waals surface area contributed by atoms with Crippen LogP contribution in [0.25, 0.3) is 0 Å². The first-order chi connectivity index (χ1) is 7.13. The van der Waals surface area contributed by atoms with Gasteiger partial charge in [0.1, 0.15) is 5.75 Å². The lowest BCUT2D eigenvalue weighted by Crippen LogP contribution is -2.00. The number of ether oxygens (including phenoxy) is 1.